The van der Waals surface area contributed by atoms with Crippen LogP contribution < -0.4 is 0 Å². The number of rotatable bonds is 4. The van der Waals surface area contributed by atoms with E-state index in [2.05, 4.69) is 23.1 Å². The van der Waals surface area contributed by atoms with Crippen LogP contribution in [-0.2, 0) is 9.53 Å². The Morgan fingerprint density at radius 2 is 1.96 bits per heavy atom. The minimum absolute atomic E-state index is 0.0161. The minimum atomic E-state index is -0.619. The topological polar surface area (TPSA) is 56.6 Å². The molecule has 0 radical (unpaired) electrons. The van der Waals surface area contributed by atoms with Gasteiger partial charge in [-0.15, -0.1) is 0 Å². The summed E-state index contributed by atoms with van der Waals surface area (Å²) in [5.74, 6) is 0.0364. The summed E-state index contributed by atoms with van der Waals surface area (Å²) in [6, 6.07) is 12.6. The lowest BCUT2D eigenvalue weighted by atomic mass is 9.81. The summed E-state index contributed by atoms with van der Waals surface area (Å²) in [6.07, 6.45) is 4.84. The maximum Gasteiger partial charge on any atom is 0.237 e. The van der Waals surface area contributed by atoms with Crippen LogP contribution in [0.25, 0.3) is 0 Å². The van der Waals surface area contributed by atoms with Crippen molar-refractivity contribution < 1.29 is 9.53 Å². The van der Waals surface area contributed by atoms with E-state index in [1.807, 2.05) is 25.1 Å². The number of hydrogen-bond acceptors (Lipinski definition) is 4. The first-order chi connectivity index (χ1) is 12.5. The quantitative estimate of drug-likeness (QED) is 0.833. The molecule has 5 heteroatoms. The lowest BCUT2D eigenvalue weighted by molar-refractivity contribution is -0.140. The number of nitrogens with zero attached hydrogens (tertiary/aromatic N) is 3. The van der Waals surface area contributed by atoms with Gasteiger partial charge in [-0.25, -0.2) is 0 Å². The number of likely N-dealkylation sites (N-methyl/N-ethyl adjacent to an activating group) is 1. The Labute approximate surface area is 156 Å². The number of carbonyl (C=O) groups is 1. The Kier molecular flexibility index (Phi) is 5.95. The van der Waals surface area contributed by atoms with Gasteiger partial charge in [0.15, 0.2) is 0 Å². The molecule has 2 aliphatic rings. The van der Waals surface area contributed by atoms with E-state index >= 15 is 0 Å². The van der Waals surface area contributed by atoms with Gasteiger partial charge < -0.3 is 9.64 Å². The molecule has 1 aromatic carbocycles. The third kappa shape index (κ3) is 4.08. The predicted octanol–water partition coefficient (Wildman–Crippen LogP) is 3.13. The van der Waals surface area contributed by atoms with Crippen molar-refractivity contribution >= 4 is 5.91 Å². The monoisotopic (exact) mass is 355 g/mol. The van der Waals surface area contributed by atoms with Crippen molar-refractivity contribution in [2.24, 2.45) is 0 Å². The van der Waals surface area contributed by atoms with Gasteiger partial charge in [-0.05, 0) is 25.3 Å². The number of ether oxygens (including phenoxy) is 1. The lowest BCUT2D eigenvalue weighted by Crippen LogP contribution is -2.54. The summed E-state index contributed by atoms with van der Waals surface area (Å²) in [4.78, 5) is 16.8. The molecule has 1 amide bonds. The van der Waals surface area contributed by atoms with Crippen molar-refractivity contribution in [2.45, 2.75) is 56.8 Å². The second-order valence-electron chi connectivity index (χ2n) is 7.70. The fraction of sp³-hybridized carbons (Fsp3) is 0.619. The van der Waals surface area contributed by atoms with E-state index in [1.165, 1.54) is 0 Å². The first kappa shape index (κ1) is 18.9. The number of morpholine rings is 1. The van der Waals surface area contributed by atoms with Crippen molar-refractivity contribution in [2.75, 3.05) is 26.7 Å². The normalized spacial score (nSPS) is 26.0. The average molecular weight is 355 g/mol. The molecule has 2 unspecified atom stereocenters. The molecule has 0 bridgehead atoms. The van der Waals surface area contributed by atoms with Crippen LogP contribution in [0, 0.1) is 11.3 Å². The number of hydrogen-bond donors (Lipinski definition) is 0. The second-order valence-corrected chi connectivity index (χ2v) is 7.70. The zero-order valence-corrected chi connectivity index (χ0v) is 15.9. The van der Waals surface area contributed by atoms with Gasteiger partial charge in [0.2, 0.25) is 5.91 Å². The Morgan fingerprint density at radius 3 is 2.62 bits per heavy atom. The molecule has 2 fully saturated rings. The molecule has 1 heterocycles. The molecule has 1 aromatic rings. The van der Waals surface area contributed by atoms with Crippen LogP contribution in [-0.4, -0.2) is 54.0 Å². The molecule has 1 aliphatic carbocycles. The zero-order valence-electron chi connectivity index (χ0n) is 15.9. The highest BCUT2D eigenvalue weighted by molar-refractivity contribution is 5.79. The predicted molar refractivity (Wildman–Crippen MR) is 100 cm³/mol. The molecule has 0 aromatic heterocycles. The first-order valence-electron chi connectivity index (χ1n) is 9.65. The van der Waals surface area contributed by atoms with Crippen LogP contribution >= 0.6 is 0 Å². The third-order valence-corrected chi connectivity index (χ3v) is 5.77. The Bertz CT molecular complexity index is 649. The molecule has 1 aliphatic heterocycles. The Morgan fingerprint density at radius 1 is 1.27 bits per heavy atom. The summed E-state index contributed by atoms with van der Waals surface area (Å²) >= 11 is 0. The van der Waals surface area contributed by atoms with Crippen LogP contribution in [0.3, 0.4) is 0 Å². The van der Waals surface area contributed by atoms with Gasteiger partial charge in [-0.3, -0.25) is 9.69 Å². The van der Waals surface area contributed by atoms with E-state index < -0.39 is 5.54 Å². The molecule has 3 rings (SSSR count). The molecule has 140 valence electrons. The molecule has 1 saturated carbocycles. The maximum absolute atomic E-state index is 12.9. The summed E-state index contributed by atoms with van der Waals surface area (Å²) in [5, 5.41) is 9.72. The molecule has 0 spiro atoms. The molecular formula is C21H29N3O2. The minimum Gasteiger partial charge on any atom is -0.368 e. The highest BCUT2D eigenvalue weighted by Crippen LogP contribution is 2.33. The number of amides is 1. The standard InChI is InChI=1S/C21H29N3O2/c1-17-13-24(14-19(26-17)18-9-5-3-6-10-18)15-20(25)23(2)21(16-22)11-7-4-8-12-21/h3,5-6,9-10,17,19H,4,7-8,11-15H2,1-2H3. The highest BCUT2D eigenvalue weighted by Gasteiger charge is 2.39. The van der Waals surface area contributed by atoms with E-state index in [1.54, 1.807) is 11.9 Å². The van der Waals surface area contributed by atoms with Crippen LogP contribution in [0.4, 0.5) is 0 Å². The Balaban J connectivity index is 1.65. The van der Waals surface area contributed by atoms with Crippen molar-refractivity contribution in [1.82, 2.24) is 9.80 Å². The molecule has 5 nitrogen and oxygen atoms in total. The maximum atomic E-state index is 12.9. The van der Waals surface area contributed by atoms with Gasteiger partial charge in [0.25, 0.3) is 0 Å². The van der Waals surface area contributed by atoms with E-state index in [0.29, 0.717) is 13.1 Å². The zero-order chi connectivity index (χ0) is 18.6. The smallest absolute Gasteiger partial charge is 0.237 e. The summed E-state index contributed by atoms with van der Waals surface area (Å²) in [7, 11) is 1.80. The summed E-state index contributed by atoms with van der Waals surface area (Å²) < 4.78 is 6.08. The van der Waals surface area contributed by atoms with Gasteiger partial charge in [0, 0.05) is 20.1 Å². The largest absolute Gasteiger partial charge is 0.368 e. The molecule has 1 saturated heterocycles. The summed E-state index contributed by atoms with van der Waals surface area (Å²) in [6.45, 7) is 3.83. The third-order valence-electron chi connectivity index (χ3n) is 5.77. The van der Waals surface area contributed by atoms with Crippen LogP contribution in [0.5, 0.6) is 0 Å². The average Bonchev–Trinajstić information content (AvgIpc) is 2.68. The van der Waals surface area contributed by atoms with Crippen molar-refractivity contribution in [3.8, 4) is 6.07 Å². The van der Waals surface area contributed by atoms with E-state index in [-0.39, 0.29) is 18.1 Å². The highest BCUT2D eigenvalue weighted by atomic mass is 16.5. The van der Waals surface area contributed by atoms with Gasteiger partial charge in [-0.2, -0.15) is 5.26 Å². The lowest BCUT2D eigenvalue weighted by Gasteiger charge is -2.41. The molecule has 26 heavy (non-hydrogen) atoms. The van der Waals surface area contributed by atoms with Crippen molar-refractivity contribution in [3.63, 3.8) is 0 Å². The van der Waals surface area contributed by atoms with Crippen LogP contribution in [0.2, 0.25) is 0 Å². The number of nitriles is 1. The van der Waals surface area contributed by atoms with E-state index in [0.717, 1.165) is 44.2 Å². The van der Waals surface area contributed by atoms with E-state index in [9.17, 15) is 10.1 Å². The van der Waals surface area contributed by atoms with Gasteiger partial charge >= 0.3 is 0 Å². The van der Waals surface area contributed by atoms with E-state index in [4.69, 9.17) is 4.74 Å². The van der Waals surface area contributed by atoms with Gasteiger partial charge in [-0.1, -0.05) is 49.6 Å². The van der Waals surface area contributed by atoms with Gasteiger partial charge in [0.1, 0.15) is 5.54 Å². The second kappa shape index (κ2) is 8.20. The fourth-order valence-corrected chi connectivity index (χ4v) is 4.21. The van der Waals surface area contributed by atoms with Crippen molar-refractivity contribution in [3.05, 3.63) is 35.9 Å². The molecular weight excluding hydrogens is 326 g/mol. The number of carbonyl (C=O) groups excluding carboxylic acids is 1. The Hall–Kier alpha value is -1.90. The summed E-state index contributed by atoms with van der Waals surface area (Å²) in [5.41, 5.74) is 0.525. The van der Waals surface area contributed by atoms with Crippen LogP contribution in [0.15, 0.2) is 30.3 Å². The van der Waals surface area contributed by atoms with Crippen LogP contribution in [0.1, 0.15) is 50.7 Å². The first-order valence-corrected chi connectivity index (χ1v) is 9.65. The molecule has 0 N–H and O–H groups in total. The number of benzene rings is 1. The molecule has 2 atom stereocenters. The van der Waals surface area contributed by atoms with Crippen molar-refractivity contribution in [1.29, 1.82) is 5.26 Å². The fourth-order valence-electron chi connectivity index (χ4n) is 4.21. The SMILES string of the molecule is CC1CN(CC(=O)N(C)C2(C#N)CCCCC2)CC(c2ccccc2)O1. The van der Waals surface area contributed by atoms with Gasteiger partial charge in [0.05, 0.1) is 24.8 Å².